The first-order valence-electron chi connectivity index (χ1n) is 21.3. The van der Waals surface area contributed by atoms with E-state index in [-0.39, 0.29) is 34.2 Å². The minimum Gasteiger partial charge on any atom is -0.387 e. The summed E-state index contributed by atoms with van der Waals surface area (Å²) in [6, 6.07) is 0. The highest BCUT2D eigenvalue weighted by molar-refractivity contribution is 7.66. The van der Waals surface area contributed by atoms with Crippen molar-refractivity contribution in [3.63, 3.8) is 0 Å². The lowest BCUT2D eigenvalue weighted by Gasteiger charge is -2.24. The Kier molecular flexibility index (Phi) is 14.9. The number of fused-ring (bicyclic) bond motifs is 3. The number of H-pyrrole nitrogens is 3. The summed E-state index contributed by atoms with van der Waals surface area (Å²) < 4.78 is 124. The van der Waals surface area contributed by atoms with Crippen LogP contribution in [-0.4, -0.2) is 170 Å². The molecule has 76 heavy (non-hydrogen) atoms. The number of phosphoric acid groups is 4. The van der Waals surface area contributed by atoms with Crippen LogP contribution in [0.2, 0.25) is 0 Å². The summed E-state index contributed by atoms with van der Waals surface area (Å²) in [5.41, 5.74) is 13.3. The molecule has 0 spiro atoms. The SMILES string of the molecule is CO[C@H]1[C@@H](O)[C@H]([n+]2cn(C)c3c(=O)[nH]c(N)nc32)O[C@@H]1COP(=O)(O)OP(=O)(O)OP(=O)(O)OC[C@H]1O[C@@H](n2cnc3c(=O)[nH]c(N)nc32)[C@H](F)[C@@H]1OP(=O)(O)OC[C@H]1O[C@@H](n2cnc3c(=O)[nH]c(N)nc32)[C@H](O)[C@@H]1O. The number of halogens is 1. The van der Waals surface area contributed by atoms with E-state index < -0.39 is 159 Å². The normalized spacial score (nSPS) is 30.2. The quantitative estimate of drug-likeness (QED) is 0.0269. The van der Waals surface area contributed by atoms with Crippen molar-refractivity contribution in [3.8, 4) is 0 Å². The molecule has 6 aromatic heterocycles. The molecule has 39 nitrogen and oxygen atoms in total. The van der Waals surface area contributed by atoms with Crippen LogP contribution in [0.5, 0.6) is 0 Å². The van der Waals surface area contributed by atoms with Gasteiger partial charge in [-0.25, -0.2) is 37.2 Å². The molecule has 0 saturated carbocycles. The lowest BCUT2D eigenvalue weighted by molar-refractivity contribution is -0.745. The van der Waals surface area contributed by atoms with Gasteiger partial charge in [0.15, 0.2) is 47.3 Å². The van der Waals surface area contributed by atoms with Crippen molar-refractivity contribution >= 4 is 82.6 Å². The largest absolute Gasteiger partial charge is 0.490 e. The average molecular weight is 1160 g/mol. The van der Waals surface area contributed by atoms with Crippen LogP contribution in [0.1, 0.15) is 18.7 Å². The number of rotatable bonds is 19. The molecule has 9 rings (SSSR count). The maximum atomic E-state index is 16.6. The zero-order valence-corrected chi connectivity index (χ0v) is 41.9. The molecule has 4 unspecified atom stereocenters. The number of aryl methyl sites for hydroxylation is 1. The van der Waals surface area contributed by atoms with Crippen LogP contribution in [0.4, 0.5) is 22.2 Å². The number of methoxy groups -OCH3 is 1. The molecular weight excluding hydrogens is 1120 g/mol. The van der Waals surface area contributed by atoms with E-state index in [1.165, 1.54) is 22.5 Å². The first kappa shape index (κ1) is 55.4. The van der Waals surface area contributed by atoms with Crippen LogP contribution in [0, 0.1) is 0 Å². The van der Waals surface area contributed by atoms with Gasteiger partial charge in [0, 0.05) is 7.11 Å². The number of aliphatic hydroxyl groups excluding tert-OH is 3. The zero-order chi connectivity index (χ0) is 55.1. The number of hydrogen-bond donors (Lipinski definition) is 13. The number of aliphatic hydroxyl groups is 3. The Labute approximate surface area is 418 Å². The van der Waals surface area contributed by atoms with Crippen molar-refractivity contribution in [2.75, 3.05) is 44.1 Å². The van der Waals surface area contributed by atoms with Crippen LogP contribution in [0.15, 0.2) is 33.4 Å². The van der Waals surface area contributed by atoms with Gasteiger partial charge < -0.3 is 71.0 Å². The van der Waals surface area contributed by atoms with Crippen LogP contribution < -0.4 is 38.4 Å². The Morgan fingerprint density at radius 2 is 1.16 bits per heavy atom. The van der Waals surface area contributed by atoms with Crippen LogP contribution in [0.25, 0.3) is 33.5 Å². The van der Waals surface area contributed by atoms with Crippen molar-refractivity contribution < 1.29 is 108 Å². The van der Waals surface area contributed by atoms with Crippen LogP contribution in [-0.2, 0) is 71.0 Å². The standard InChI is InChI=1S/C32H42FN15O24P4/c1-45-8-48(23-15(45)26(54)44-32(36)41-23)29-18(51)20(63-2)11(69-29)5-66-75(59,60)72-76(61,62)71-74(57,58)65-4-10-19(12(33)27(68-10)46-6-37-13-21(46)39-30(34)42-24(13)52)70-73(55,56)64-3-9-16(49)17(50)28(67-9)47-7-38-14-22(47)40-31(35)43-25(14)53/h6-12,16-20,27-29,49-51H,3-5H2,1-2H3,(H12-,34,35,36,39,40,41,42,43,44,52,53,54,55,56,57,58,59,60,61,62)/p+1/t9-,10-,11-,12-,16-,17-,18-,19-,20-,27-,28-,29-/m1/s1. The third-order valence-electron chi connectivity index (χ3n) is 11.6. The number of nitrogens with zero attached hydrogens (tertiary/aromatic N) is 9. The van der Waals surface area contributed by atoms with Gasteiger partial charge in [-0.05, 0) is 0 Å². The average Bonchev–Trinajstić information content (AvgIpc) is 4.16. The van der Waals surface area contributed by atoms with Gasteiger partial charge in [-0.15, -0.1) is 0 Å². The molecule has 44 heteroatoms. The molecule has 0 radical (unpaired) electrons. The Balaban J connectivity index is 0.863. The van der Waals surface area contributed by atoms with E-state index in [1.807, 2.05) is 0 Å². The second-order valence-corrected chi connectivity index (χ2v) is 22.7. The van der Waals surface area contributed by atoms with E-state index in [0.29, 0.717) is 0 Å². The molecule has 0 bridgehead atoms. The highest BCUT2D eigenvalue weighted by atomic mass is 31.3. The molecule has 3 aliphatic rings. The Hall–Kier alpha value is -5.38. The lowest BCUT2D eigenvalue weighted by atomic mass is 10.1. The molecule has 3 saturated heterocycles. The predicted molar refractivity (Wildman–Crippen MR) is 241 cm³/mol. The molecule has 3 fully saturated rings. The lowest BCUT2D eigenvalue weighted by Crippen LogP contribution is -2.46. The van der Waals surface area contributed by atoms with E-state index >= 15 is 4.39 Å². The van der Waals surface area contributed by atoms with E-state index in [4.69, 9.17) is 54.2 Å². The Morgan fingerprint density at radius 1 is 0.671 bits per heavy atom. The van der Waals surface area contributed by atoms with Crippen molar-refractivity contribution in [2.24, 2.45) is 7.05 Å². The van der Waals surface area contributed by atoms with Gasteiger partial charge in [0.1, 0.15) is 48.8 Å². The smallest absolute Gasteiger partial charge is 0.387 e. The number of hydrogen-bond acceptors (Lipinski definition) is 28. The highest BCUT2D eigenvalue weighted by Crippen LogP contribution is 2.68. The van der Waals surface area contributed by atoms with Gasteiger partial charge in [0.2, 0.25) is 23.6 Å². The van der Waals surface area contributed by atoms with Gasteiger partial charge in [-0.3, -0.25) is 61.1 Å². The molecule has 9 heterocycles. The minimum absolute atomic E-state index is 0.00159. The van der Waals surface area contributed by atoms with Crippen molar-refractivity contribution in [3.05, 3.63) is 50.0 Å². The molecule has 0 aromatic carbocycles. The maximum Gasteiger partial charge on any atom is 0.490 e. The van der Waals surface area contributed by atoms with E-state index in [0.717, 1.165) is 28.9 Å². The molecule has 16 atom stereocenters. The number of aromatic nitrogens is 12. The van der Waals surface area contributed by atoms with Crippen molar-refractivity contribution in [1.29, 1.82) is 0 Å². The molecule has 0 aliphatic carbocycles. The summed E-state index contributed by atoms with van der Waals surface area (Å²) >= 11 is 0. The van der Waals surface area contributed by atoms with Crippen molar-refractivity contribution in [1.82, 2.24) is 53.6 Å². The number of nitrogens with one attached hydrogen (secondary N) is 3. The monoisotopic (exact) mass is 1160 g/mol. The first-order chi connectivity index (χ1) is 35.6. The summed E-state index contributed by atoms with van der Waals surface area (Å²) in [5, 5.41) is 32.7. The van der Waals surface area contributed by atoms with Crippen LogP contribution >= 0.6 is 31.3 Å². The minimum atomic E-state index is -6.25. The number of nitrogen functional groups attached to an aromatic ring is 3. The zero-order valence-electron chi connectivity index (χ0n) is 38.3. The van der Waals surface area contributed by atoms with Gasteiger partial charge in [0.05, 0.1) is 39.5 Å². The third kappa shape index (κ3) is 10.9. The number of nitrogens with two attached hydrogens (primary N) is 3. The summed E-state index contributed by atoms with van der Waals surface area (Å²) in [5.74, 6) is -1.13. The second kappa shape index (κ2) is 20.4. The molecule has 3 aliphatic heterocycles. The summed E-state index contributed by atoms with van der Waals surface area (Å²) in [6.45, 7) is -3.62. The summed E-state index contributed by atoms with van der Waals surface area (Å²) in [4.78, 5) is 106. The molecular formula is C32H43FN15O24P4+. The first-order valence-corrected chi connectivity index (χ1v) is 27.3. The number of phosphoric ester groups is 3. The van der Waals surface area contributed by atoms with Gasteiger partial charge in [0.25, 0.3) is 22.6 Å². The van der Waals surface area contributed by atoms with E-state index in [1.54, 1.807) is 0 Å². The van der Waals surface area contributed by atoms with Crippen LogP contribution in [0.3, 0.4) is 0 Å². The number of anilines is 3. The van der Waals surface area contributed by atoms with Gasteiger partial charge in [-0.1, -0.05) is 4.98 Å². The highest BCUT2D eigenvalue weighted by Gasteiger charge is 2.54. The topological polar surface area (TPSA) is 562 Å². The fraction of sp³-hybridized carbons (Fsp3) is 0.531. The van der Waals surface area contributed by atoms with Crippen molar-refractivity contribution in [2.45, 2.75) is 73.7 Å². The number of ether oxygens (including phenoxy) is 4. The number of alkyl halides is 1. The summed E-state index contributed by atoms with van der Waals surface area (Å²) in [7, 11) is -21.2. The fourth-order valence-electron chi connectivity index (χ4n) is 8.37. The molecule has 0 amide bonds. The molecule has 6 aromatic rings. The van der Waals surface area contributed by atoms with Gasteiger partial charge >= 0.3 is 36.9 Å². The number of imidazole rings is 3. The predicted octanol–water partition coefficient (Wildman–Crippen LogP) is -4.44. The van der Waals surface area contributed by atoms with E-state index in [2.05, 4.69) is 48.5 Å². The second-order valence-electron chi connectivity index (χ2n) is 16.6. The van der Waals surface area contributed by atoms with Gasteiger partial charge in [-0.2, -0.15) is 18.6 Å². The molecule has 16 N–H and O–H groups in total. The summed E-state index contributed by atoms with van der Waals surface area (Å²) in [6.07, 6.45) is -19.0. The van der Waals surface area contributed by atoms with E-state index in [9.17, 15) is 67.5 Å². The Morgan fingerprint density at radius 3 is 1.72 bits per heavy atom. The Bertz CT molecular complexity index is 3600. The molecule has 416 valence electrons. The number of aromatic amines is 3. The fourth-order valence-corrected chi connectivity index (χ4v) is 12.9. The maximum absolute atomic E-state index is 16.6. The third-order valence-corrected chi connectivity index (χ3v) is 16.8.